The van der Waals surface area contributed by atoms with E-state index in [1.807, 2.05) is 4.72 Å². The van der Waals surface area contributed by atoms with E-state index in [0.717, 1.165) is 12.1 Å². The molecule has 17 heavy (non-hydrogen) atoms. The zero-order chi connectivity index (χ0) is 13.1. The van der Waals surface area contributed by atoms with Crippen LogP contribution in [0.5, 0.6) is 0 Å². The molecule has 0 saturated heterocycles. The zero-order valence-corrected chi connectivity index (χ0v) is 11.3. The van der Waals surface area contributed by atoms with E-state index in [9.17, 15) is 17.2 Å². The van der Waals surface area contributed by atoms with Crippen LogP contribution in [0, 0.1) is 11.6 Å². The summed E-state index contributed by atoms with van der Waals surface area (Å²) in [5.41, 5.74) is -0.401. The fourth-order valence-electron chi connectivity index (χ4n) is 1.06. The minimum absolute atomic E-state index is 0.0619. The molecule has 0 fully saturated rings. The molecule has 1 aromatic rings. The topological polar surface area (TPSA) is 58.2 Å². The van der Waals surface area contributed by atoms with Gasteiger partial charge in [-0.05, 0) is 29.0 Å². The van der Waals surface area contributed by atoms with E-state index < -0.39 is 27.3 Å². The number of sulfonamides is 1. The van der Waals surface area contributed by atoms with Gasteiger partial charge < -0.3 is 5.32 Å². The second-order valence-electron chi connectivity index (χ2n) is 3.27. The molecular formula is C9H11BrF2N2O2S. The van der Waals surface area contributed by atoms with Crippen LogP contribution in [0.15, 0.2) is 16.6 Å². The van der Waals surface area contributed by atoms with Crippen molar-refractivity contribution in [2.24, 2.45) is 0 Å². The van der Waals surface area contributed by atoms with Crippen molar-refractivity contribution >= 4 is 31.6 Å². The molecule has 4 nitrogen and oxygen atoms in total. The van der Waals surface area contributed by atoms with E-state index in [4.69, 9.17) is 0 Å². The highest BCUT2D eigenvalue weighted by molar-refractivity contribution is 9.10. The van der Waals surface area contributed by atoms with Gasteiger partial charge in [0.05, 0.1) is 15.9 Å². The molecule has 2 N–H and O–H groups in total. The van der Waals surface area contributed by atoms with Crippen LogP contribution in [0.4, 0.5) is 14.5 Å². The number of halogens is 3. The summed E-state index contributed by atoms with van der Waals surface area (Å²) in [5, 5.41) is 2.65. The number of hydrogen-bond donors (Lipinski definition) is 2. The third-order valence-electron chi connectivity index (χ3n) is 1.90. The SMILES string of the molecule is CNCCS(=O)(=O)Nc1cc(F)c(Br)cc1F. The number of benzene rings is 1. The Bertz CT molecular complexity index is 508. The maximum absolute atomic E-state index is 13.3. The lowest BCUT2D eigenvalue weighted by Gasteiger charge is -2.09. The zero-order valence-electron chi connectivity index (χ0n) is 8.93. The van der Waals surface area contributed by atoms with Gasteiger partial charge in [-0.1, -0.05) is 0 Å². The minimum atomic E-state index is -3.68. The maximum atomic E-state index is 13.3. The lowest BCUT2D eigenvalue weighted by atomic mass is 10.3. The van der Waals surface area contributed by atoms with Crippen molar-refractivity contribution in [2.45, 2.75) is 0 Å². The van der Waals surface area contributed by atoms with Crippen LogP contribution in [0.25, 0.3) is 0 Å². The highest BCUT2D eigenvalue weighted by atomic mass is 79.9. The van der Waals surface area contributed by atoms with Crippen molar-refractivity contribution in [2.75, 3.05) is 24.1 Å². The molecule has 0 heterocycles. The van der Waals surface area contributed by atoms with E-state index in [1.165, 1.54) is 0 Å². The van der Waals surface area contributed by atoms with Crippen molar-refractivity contribution in [3.63, 3.8) is 0 Å². The van der Waals surface area contributed by atoms with Gasteiger partial charge in [-0.15, -0.1) is 0 Å². The highest BCUT2D eigenvalue weighted by Crippen LogP contribution is 2.23. The molecule has 0 saturated carbocycles. The molecule has 8 heteroatoms. The van der Waals surface area contributed by atoms with E-state index in [1.54, 1.807) is 7.05 Å². The van der Waals surface area contributed by atoms with Crippen molar-refractivity contribution < 1.29 is 17.2 Å². The maximum Gasteiger partial charge on any atom is 0.234 e. The second-order valence-corrected chi connectivity index (χ2v) is 5.97. The van der Waals surface area contributed by atoms with E-state index in [2.05, 4.69) is 21.2 Å². The molecule has 0 aliphatic carbocycles. The number of nitrogens with one attached hydrogen (secondary N) is 2. The molecule has 0 aromatic heterocycles. The Morgan fingerprint density at radius 1 is 1.29 bits per heavy atom. The third kappa shape index (κ3) is 4.21. The van der Waals surface area contributed by atoms with Crippen LogP contribution in [0.3, 0.4) is 0 Å². The molecule has 0 unspecified atom stereocenters. The first-order chi connectivity index (χ1) is 7.85. The molecule has 0 aliphatic heterocycles. The Kier molecular flexibility index (Phi) is 4.84. The molecule has 1 rings (SSSR count). The summed E-state index contributed by atoms with van der Waals surface area (Å²) in [7, 11) is -2.09. The van der Waals surface area contributed by atoms with Gasteiger partial charge in [-0.3, -0.25) is 4.72 Å². The Morgan fingerprint density at radius 2 is 1.94 bits per heavy atom. The molecule has 0 spiro atoms. The highest BCUT2D eigenvalue weighted by Gasteiger charge is 2.14. The first-order valence-electron chi connectivity index (χ1n) is 4.65. The summed E-state index contributed by atoms with van der Waals surface area (Å²) in [6, 6.07) is 1.65. The molecular weight excluding hydrogens is 318 g/mol. The normalized spacial score (nSPS) is 11.5. The molecule has 0 aliphatic rings. The standard InChI is InChI=1S/C9H11BrF2N2O2S/c1-13-2-3-17(15,16)14-9-5-7(11)6(10)4-8(9)12/h4-5,13-14H,2-3H2,1H3. The molecule has 0 radical (unpaired) electrons. The third-order valence-corrected chi connectivity index (χ3v) is 3.78. The summed E-state index contributed by atoms with van der Waals surface area (Å²) in [6.45, 7) is 0.218. The van der Waals surface area contributed by atoms with E-state index in [-0.39, 0.29) is 16.8 Å². The summed E-state index contributed by atoms with van der Waals surface area (Å²) in [4.78, 5) is 0. The largest absolute Gasteiger partial charge is 0.319 e. The number of hydrogen-bond acceptors (Lipinski definition) is 3. The minimum Gasteiger partial charge on any atom is -0.319 e. The van der Waals surface area contributed by atoms with Crippen LogP contribution in [-0.2, 0) is 10.0 Å². The summed E-state index contributed by atoms with van der Waals surface area (Å²) in [5.74, 6) is -1.80. The van der Waals surface area contributed by atoms with Gasteiger partial charge in [-0.25, -0.2) is 17.2 Å². The van der Waals surface area contributed by atoms with Gasteiger partial charge in [0.2, 0.25) is 10.0 Å². The van der Waals surface area contributed by atoms with Gasteiger partial charge in [0, 0.05) is 12.6 Å². The smallest absolute Gasteiger partial charge is 0.234 e. The van der Waals surface area contributed by atoms with Crippen molar-refractivity contribution in [1.82, 2.24) is 5.32 Å². The second kappa shape index (κ2) is 5.74. The molecule has 0 atom stereocenters. The van der Waals surface area contributed by atoms with Crippen LogP contribution in [0.1, 0.15) is 0 Å². The Balaban J connectivity index is 2.92. The van der Waals surface area contributed by atoms with Crippen LogP contribution >= 0.6 is 15.9 Å². The van der Waals surface area contributed by atoms with Crippen molar-refractivity contribution in [1.29, 1.82) is 0 Å². The molecule has 0 bridgehead atoms. The van der Waals surface area contributed by atoms with Gasteiger partial charge >= 0.3 is 0 Å². The first-order valence-corrected chi connectivity index (χ1v) is 7.10. The summed E-state index contributed by atoms with van der Waals surface area (Å²) < 4.78 is 51.3. The number of rotatable bonds is 5. The summed E-state index contributed by atoms with van der Waals surface area (Å²) in [6.07, 6.45) is 0. The molecule has 96 valence electrons. The lowest BCUT2D eigenvalue weighted by molar-refractivity contribution is 0.590. The predicted molar refractivity (Wildman–Crippen MR) is 65.4 cm³/mol. The van der Waals surface area contributed by atoms with Crippen molar-refractivity contribution in [3.05, 3.63) is 28.2 Å². The van der Waals surface area contributed by atoms with Crippen LogP contribution in [-0.4, -0.2) is 27.8 Å². The fraction of sp³-hybridized carbons (Fsp3) is 0.333. The molecule has 0 amide bonds. The fourth-order valence-corrected chi connectivity index (χ4v) is 2.44. The van der Waals surface area contributed by atoms with E-state index >= 15 is 0 Å². The Labute approximate surface area is 107 Å². The molecule has 1 aromatic carbocycles. The quantitative estimate of drug-likeness (QED) is 0.809. The lowest BCUT2D eigenvalue weighted by Crippen LogP contribution is -2.25. The van der Waals surface area contributed by atoms with Crippen LogP contribution < -0.4 is 10.0 Å². The first kappa shape index (κ1) is 14.3. The van der Waals surface area contributed by atoms with Gasteiger partial charge in [-0.2, -0.15) is 0 Å². The average Bonchev–Trinajstić information content (AvgIpc) is 2.23. The average molecular weight is 329 g/mol. The van der Waals surface area contributed by atoms with Gasteiger partial charge in [0.1, 0.15) is 11.6 Å². The van der Waals surface area contributed by atoms with Gasteiger partial charge in [0.25, 0.3) is 0 Å². The van der Waals surface area contributed by atoms with Crippen LogP contribution in [0.2, 0.25) is 0 Å². The Morgan fingerprint density at radius 3 is 2.53 bits per heavy atom. The number of anilines is 1. The van der Waals surface area contributed by atoms with Gasteiger partial charge in [0.15, 0.2) is 0 Å². The van der Waals surface area contributed by atoms with Crippen molar-refractivity contribution in [3.8, 4) is 0 Å². The van der Waals surface area contributed by atoms with E-state index in [0.29, 0.717) is 0 Å². The summed E-state index contributed by atoms with van der Waals surface area (Å²) >= 11 is 2.80. The monoisotopic (exact) mass is 328 g/mol. The Hall–Kier alpha value is -0.730. The predicted octanol–water partition coefficient (Wildman–Crippen LogP) is 1.69.